The molecule has 4 atom stereocenters. The molecule has 2 aliphatic rings. The van der Waals surface area contributed by atoms with Crippen LogP contribution < -0.4 is 14.8 Å². The van der Waals surface area contributed by atoms with Crippen LogP contribution in [0.25, 0.3) is 0 Å². The van der Waals surface area contributed by atoms with Crippen molar-refractivity contribution in [1.29, 1.82) is 0 Å². The van der Waals surface area contributed by atoms with E-state index in [1.54, 1.807) is 0 Å². The Morgan fingerprint density at radius 3 is 2.75 bits per heavy atom. The second-order valence-corrected chi connectivity index (χ2v) is 5.34. The minimum absolute atomic E-state index is 0. The predicted molar refractivity (Wildman–Crippen MR) is 72.2 cm³/mol. The van der Waals surface area contributed by atoms with Crippen molar-refractivity contribution in [2.45, 2.75) is 37.8 Å². The predicted octanol–water partition coefficient (Wildman–Crippen LogP) is 2.12. The lowest BCUT2D eigenvalue weighted by molar-refractivity contribution is 0.0430. The van der Waals surface area contributed by atoms with E-state index in [9.17, 15) is 8.78 Å². The van der Waals surface area contributed by atoms with Crippen LogP contribution >= 0.6 is 24.1 Å². The van der Waals surface area contributed by atoms with Crippen LogP contribution in [-0.2, 0) is 0 Å². The maximum absolute atomic E-state index is 13.2. The maximum atomic E-state index is 13.2. The third kappa shape index (κ3) is 3.12. The number of hydrogen-bond donors (Lipinski definition) is 1. The van der Waals surface area contributed by atoms with Crippen LogP contribution in [0.3, 0.4) is 0 Å². The number of aromatic nitrogens is 2. The molecule has 2 bridgehead atoms. The zero-order chi connectivity index (χ0) is 13.2. The smallest absolute Gasteiger partial charge is 0.293 e. The van der Waals surface area contributed by atoms with Crippen LogP contribution in [0.4, 0.5) is 8.78 Å². The summed E-state index contributed by atoms with van der Waals surface area (Å²) in [5.41, 5.74) is 0. The molecule has 0 aromatic carbocycles. The minimum atomic E-state index is -1.71. The van der Waals surface area contributed by atoms with Gasteiger partial charge in [-0.05, 0) is 12.8 Å². The first-order chi connectivity index (χ1) is 9.28. The van der Waals surface area contributed by atoms with Crippen molar-refractivity contribution in [1.82, 2.24) is 14.1 Å². The summed E-state index contributed by atoms with van der Waals surface area (Å²) in [6.45, 7) is 0.169. The van der Waals surface area contributed by atoms with Gasteiger partial charge in [-0.15, -0.1) is 21.2 Å². The van der Waals surface area contributed by atoms with E-state index in [2.05, 4.69) is 14.1 Å². The van der Waals surface area contributed by atoms with Crippen molar-refractivity contribution >= 4 is 24.1 Å². The Labute approximate surface area is 125 Å². The van der Waals surface area contributed by atoms with E-state index in [1.165, 1.54) is 0 Å². The molecule has 20 heavy (non-hydrogen) atoms. The summed E-state index contributed by atoms with van der Waals surface area (Å²) in [6.07, 6.45) is 0.230. The van der Waals surface area contributed by atoms with Gasteiger partial charge in [-0.3, -0.25) is 4.39 Å². The van der Waals surface area contributed by atoms with Gasteiger partial charge in [-0.1, -0.05) is 0 Å². The third-order valence-electron chi connectivity index (χ3n) is 3.61. The highest BCUT2D eigenvalue weighted by Gasteiger charge is 2.44. The number of ether oxygens (including phenoxy) is 2. The van der Waals surface area contributed by atoms with Gasteiger partial charge in [-0.25, -0.2) is 4.39 Å². The molecule has 1 saturated heterocycles. The number of nitrogens with zero attached hydrogens (tertiary/aromatic N) is 2. The molecule has 4 unspecified atom stereocenters. The molecule has 1 aromatic rings. The van der Waals surface area contributed by atoms with Gasteiger partial charge in [0.15, 0.2) is 0 Å². The van der Waals surface area contributed by atoms with Gasteiger partial charge >= 0.3 is 0 Å². The highest BCUT2D eigenvalue weighted by molar-refractivity contribution is 6.99. The summed E-state index contributed by atoms with van der Waals surface area (Å²) in [5.74, 6) is 0.709. The molecular formula is C11H16ClF2N3O2S. The largest absolute Gasteiger partial charge is 0.468 e. The molecule has 9 heteroatoms. The number of halogens is 3. The summed E-state index contributed by atoms with van der Waals surface area (Å²) >= 11 is 0.902. The van der Waals surface area contributed by atoms with Crippen LogP contribution in [0.5, 0.6) is 11.8 Å². The molecule has 0 spiro atoms. The fraction of sp³-hybridized carbons (Fsp3) is 0.818. The number of fused-ring (bicyclic) bond motifs is 2. The van der Waals surface area contributed by atoms with Crippen LogP contribution in [0.15, 0.2) is 0 Å². The molecule has 1 aliphatic heterocycles. The molecule has 1 aromatic heterocycles. The average Bonchev–Trinajstić information content (AvgIpc) is 3.09. The van der Waals surface area contributed by atoms with Crippen LogP contribution in [0.1, 0.15) is 19.3 Å². The van der Waals surface area contributed by atoms with E-state index in [4.69, 9.17) is 9.47 Å². The monoisotopic (exact) mass is 327 g/mol. The summed E-state index contributed by atoms with van der Waals surface area (Å²) in [5, 5.41) is 3.36. The van der Waals surface area contributed by atoms with Gasteiger partial charge in [0.2, 0.25) is 6.36 Å². The Kier molecular flexibility index (Phi) is 5.34. The summed E-state index contributed by atoms with van der Waals surface area (Å²) in [4.78, 5) is 0. The van der Waals surface area contributed by atoms with Gasteiger partial charge in [0.05, 0.1) is 18.4 Å². The quantitative estimate of drug-likeness (QED) is 0.867. The Bertz CT molecular complexity index is 420. The SMILES string of the molecule is Cl.FCCC(F)Oc1nsnc1OC1C2CCC1NC2. The number of alkyl halides is 2. The Morgan fingerprint density at radius 1 is 1.35 bits per heavy atom. The molecule has 1 N–H and O–H groups in total. The van der Waals surface area contributed by atoms with Crippen molar-refractivity contribution < 1.29 is 18.3 Å². The van der Waals surface area contributed by atoms with Crippen LogP contribution in [-0.4, -0.2) is 40.5 Å². The van der Waals surface area contributed by atoms with Crippen molar-refractivity contribution in [2.24, 2.45) is 5.92 Å². The summed E-state index contributed by atoms with van der Waals surface area (Å²) < 4.78 is 43.8. The van der Waals surface area contributed by atoms with Crippen molar-refractivity contribution in [3.8, 4) is 11.8 Å². The van der Waals surface area contributed by atoms with Crippen LogP contribution in [0, 0.1) is 5.92 Å². The first kappa shape index (κ1) is 15.7. The van der Waals surface area contributed by atoms with Crippen molar-refractivity contribution in [3.63, 3.8) is 0 Å². The lowest BCUT2D eigenvalue weighted by atomic mass is 10.1. The molecular weight excluding hydrogens is 312 g/mol. The minimum Gasteiger partial charge on any atom is -0.468 e. The Morgan fingerprint density at radius 2 is 2.15 bits per heavy atom. The average molecular weight is 328 g/mol. The van der Waals surface area contributed by atoms with Crippen molar-refractivity contribution in [3.05, 3.63) is 0 Å². The molecule has 2 fully saturated rings. The normalized spacial score (nSPS) is 29.0. The molecule has 3 rings (SSSR count). The van der Waals surface area contributed by atoms with Gasteiger partial charge in [0.25, 0.3) is 11.8 Å². The van der Waals surface area contributed by atoms with E-state index >= 15 is 0 Å². The van der Waals surface area contributed by atoms with Gasteiger partial charge in [0.1, 0.15) is 6.10 Å². The maximum Gasteiger partial charge on any atom is 0.293 e. The zero-order valence-electron chi connectivity index (χ0n) is 10.6. The number of piperidine rings is 1. The molecule has 5 nitrogen and oxygen atoms in total. The number of nitrogens with one attached hydrogen (secondary N) is 1. The Hall–Kier alpha value is -0.730. The number of hydrogen-bond acceptors (Lipinski definition) is 6. The topological polar surface area (TPSA) is 56.3 Å². The van der Waals surface area contributed by atoms with E-state index in [0.717, 1.165) is 31.1 Å². The number of rotatable bonds is 6. The second-order valence-electron chi connectivity index (χ2n) is 4.81. The van der Waals surface area contributed by atoms with E-state index < -0.39 is 13.0 Å². The Balaban J connectivity index is 0.00000147. The standard InChI is InChI=1S/C11H15F2N3O2S.ClH/c12-4-3-8(13)17-10-11(16-19-15-10)18-9-6-1-2-7(9)14-5-6;/h6-9,14H,1-5H2;1H. The van der Waals surface area contributed by atoms with Crippen molar-refractivity contribution in [2.75, 3.05) is 13.2 Å². The summed E-state index contributed by atoms with van der Waals surface area (Å²) in [7, 11) is 0. The first-order valence-corrected chi connectivity index (χ1v) is 7.10. The molecule has 2 heterocycles. The van der Waals surface area contributed by atoms with Gasteiger partial charge in [-0.2, -0.15) is 0 Å². The summed E-state index contributed by atoms with van der Waals surface area (Å²) in [6, 6.07) is 0.326. The molecule has 114 valence electrons. The fourth-order valence-corrected chi connectivity index (χ4v) is 3.11. The second kappa shape index (κ2) is 6.82. The molecule has 0 radical (unpaired) electrons. The van der Waals surface area contributed by atoms with Gasteiger partial charge < -0.3 is 14.8 Å². The highest BCUT2D eigenvalue weighted by Crippen LogP contribution is 2.36. The van der Waals surface area contributed by atoms with E-state index in [-0.39, 0.29) is 36.7 Å². The zero-order valence-corrected chi connectivity index (χ0v) is 12.3. The molecule has 0 amide bonds. The van der Waals surface area contributed by atoms with E-state index in [0.29, 0.717) is 12.0 Å². The molecule has 1 saturated carbocycles. The first-order valence-electron chi connectivity index (χ1n) is 6.37. The molecule has 1 aliphatic carbocycles. The lowest BCUT2D eigenvalue weighted by Crippen LogP contribution is -2.31. The van der Waals surface area contributed by atoms with E-state index in [1.807, 2.05) is 0 Å². The van der Waals surface area contributed by atoms with Crippen LogP contribution in [0.2, 0.25) is 0 Å². The fourth-order valence-electron chi connectivity index (χ4n) is 2.68. The third-order valence-corrected chi connectivity index (χ3v) is 4.10. The highest BCUT2D eigenvalue weighted by atomic mass is 35.5. The van der Waals surface area contributed by atoms with Gasteiger partial charge in [0, 0.05) is 24.9 Å². The lowest BCUT2D eigenvalue weighted by Gasteiger charge is -2.16.